The lowest BCUT2D eigenvalue weighted by Crippen LogP contribution is -2.16. The Balaban J connectivity index is 2.07. The van der Waals surface area contributed by atoms with Gasteiger partial charge in [0.15, 0.2) is 0 Å². The zero-order valence-corrected chi connectivity index (χ0v) is 14.8. The van der Waals surface area contributed by atoms with Crippen LogP contribution in [0.2, 0.25) is 5.02 Å². The van der Waals surface area contributed by atoms with Crippen molar-refractivity contribution in [2.75, 3.05) is 30.9 Å². The van der Waals surface area contributed by atoms with Crippen molar-refractivity contribution >= 4 is 29.1 Å². The SMILES string of the molecule is COCCCNc1nccc(C(=O)Nc2c(C)cc(C)cc2Cl)n1. The normalized spacial score (nSPS) is 10.5. The van der Waals surface area contributed by atoms with Crippen molar-refractivity contribution in [3.05, 3.63) is 46.2 Å². The first-order valence-corrected chi connectivity index (χ1v) is 8.03. The summed E-state index contributed by atoms with van der Waals surface area (Å²) in [6.07, 6.45) is 2.37. The number of nitrogens with zero attached hydrogens (tertiary/aromatic N) is 2. The molecular weight excluding hydrogens is 328 g/mol. The third-order valence-corrected chi connectivity index (χ3v) is 3.66. The van der Waals surface area contributed by atoms with Gasteiger partial charge in [-0.25, -0.2) is 9.97 Å². The molecular formula is C17H21ClN4O2. The van der Waals surface area contributed by atoms with E-state index in [-0.39, 0.29) is 11.6 Å². The number of aromatic nitrogens is 2. The molecule has 0 aliphatic heterocycles. The summed E-state index contributed by atoms with van der Waals surface area (Å²) in [5.41, 5.74) is 2.82. The van der Waals surface area contributed by atoms with Crippen LogP contribution in [-0.2, 0) is 4.74 Å². The number of nitrogens with one attached hydrogen (secondary N) is 2. The highest BCUT2D eigenvalue weighted by Crippen LogP contribution is 2.27. The second-order valence-electron chi connectivity index (χ2n) is 5.43. The van der Waals surface area contributed by atoms with E-state index in [0.717, 1.165) is 17.5 Å². The number of methoxy groups -OCH3 is 1. The Bertz CT molecular complexity index is 698. The number of ether oxygens (including phenoxy) is 1. The zero-order valence-electron chi connectivity index (χ0n) is 14.0. The number of amides is 1. The third kappa shape index (κ3) is 4.91. The van der Waals surface area contributed by atoms with Crippen LogP contribution >= 0.6 is 11.6 Å². The Labute approximate surface area is 146 Å². The fraction of sp³-hybridized carbons (Fsp3) is 0.353. The second-order valence-corrected chi connectivity index (χ2v) is 5.84. The Morgan fingerprint density at radius 3 is 2.83 bits per heavy atom. The topological polar surface area (TPSA) is 76.1 Å². The van der Waals surface area contributed by atoms with Crippen LogP contribution in [0.25, 0.3) is 0 Å². The summed E-state index contributed by atoms with van der Waals surface area (Å²) in [4.78, 5) is 20.8. The number of hydrogen-bond donors (Lipinski definition) is 2. The van der Waals surface area contributed by atoms with Gasteiger partial charge in [-0.2, -0.15) is 0 Å². The smallest absolute Gasteiger partial charge is 0.274 e. The van der Waals surface area contributed by atoms with Gasteiger partial charge >= 0.3 is 0 Å². The van der Waals surface area contributed by atoms with E-state index >= 15 is 0 Å². The van der Waals surface area contributed by atoms with E-state index in [9.17, 15) is 4.79 Å². The summed E-state index contributed by atoms with van der Waals surface area (Å²) >= 11 is 6.22. The standard InChI is InChI=1S/C17H21ClN4O2/c1-11-9-12(2)15(13(18)10-11)22-16(23)14-5-7-20-17(21-14)19-6-4-8-24-3/h5,7,9-10H,4,6,8H2,1-3H3,(H,22,23)(H,19,20,21). The Kier molecular flexibility index (Phi) is 6.52. The van der Waals surface area contributed by atoms with E-state index in [1.165, 1.54) is 0 Å². The van der Waals surface area contributed by atoms with E-state index in [0.29, 0.717) is 29.8 Å². The Morgan fingerprint density at radius 2 is 2.12 bits per heavy atom. The van der Waals surface area contributed by atoms with Gasteiger partial charge < -0.3 is 15.4 Å². The average molecular weight is 349 g/mol. The number of hydrogen-bond acceptors (Lipinski definition) is 5. The van der Waals surface area contributed by atoms with Crippen LogP contribution in [0, 0.1) is 13.8 Å². The lowest BCUT2D eigenvalue weighted by molar-refractivity contribution is 0.102. The van der Waals surface area contributed by atoms with Crippen molar-refractivity contribution in [1.29, 1.82) is 0 Å². The number of carbonyl (C=O) groups excluding carboxylic acids is 1. The quantitative estimate of drug-likeness (QED) is 0.749. The van der Waals surface area contributed by atoms with Gasteiger partial charge in [0.2, 0.25) is 5.95 Å². The summed E-state index contributed by atoms with van der Waals surface area (Å²) in [6.45, 7) is 5.17. The van der Waals surface area contributed by atoms with Gasteiger partial charge in [-0.05, 0) is 43.5 Å². The molecule has 2 rings (SSSR count). The monoisotopic (exact) mass is 348 g/mol. The number of rotatable bonds is 7. The maximum absolute atomic E-state index is 12.4. The minimum atomic E-state index is -0.328. The lowest BCUT2D eigenvalue weighted by atomic mass is 10.1. The van der Waals surface area contributed by atoms with Gasteiger partial charge in [-0.1, -0.05) is 17.7 Å². The molecule has 24 heavy (non-hydrogen) atoms. The lowest BCUT2D eigenvalue weighted by Gasteiger charge is -2.11. The fourth-order valence-corrected chi connectivity index (χ4v) is 2.61. The van der Waals surface area contributed by atoms with Gasteiger partial charge in [0.05, 0.1) is 10.7 Å². The van der Waals surface area contributed by atoms with Crippen LogP contribution in [0.3, 0.4) is 0 Å². The minimum absolute atomic E-state index is 0.273. The molecule has 0 radical (unpaired) electrons. The number of halogens is 1. The molecule has 2 N–H and O–H groups in total. The van der Waals surface area contributed by atoms with Crippen LogP contribution in [0.15, 0.2) is 24.4 Å². The van der Waals surface area contributed by atoms with Crippen molar-refractivity contribution in [1.82, 2.24) is 9.97 Å². The summed E-state index contributed by atoms with van der Waals surface area (Å²) in [5, 5.41) is 6.38. The van der Waals surface area contributed by atoms with E-state index in [1.807, 2.05) is 26.0 Å². The molecule has 0 fully saturated rings. The average Bonchev–Trinajstić information content (AvgIpc) is 2.55. The molecule has 1 amide bonds. The van der Waals surface area contributed by atoms with Crippen molar-refractivity contribution in [3.8, 4) is 0 Å². The molecule has 0 unspecified atom stereocenters. The molecule has 128 valence electrons. The van der Waals surface area contributed by atoms with E-state index in [4.69, 9.17) is 16.3 Å². The van der Waals surface area contributed by atoms with Crippen molar-refractivity contribution < 1.29 is 9.53 Å². The van der Waals surface area contributed by atoms with Crippen molar-refractivity contribution in [2.24, 2.45) is 0 Å². The van der Waals surface area contributed by atoms with Gasteiger partial charge in [0, 0.05) is 26.5 Å². The van der Waals surface area contributed by atoms with Crippen LogP contribution in [0.4, 0.5) is 11.6 Å². The maximum atomic E-state index is 12.4. The van der Waals surface area contributed by atoms with Crippen molar-refractivity contribution in [2.45, 2.75) is 20.3 Å². The molecule has 0 saturated carbocycles. The highest BCUT2D eigenvalue weighted by atomic mass is 35.5. The zero-order chi connectivity index (χ0) is 17.5. The summed E-state index contributed by atoms with van der Waals surface area (Å²) in [5.74, 6) is 0.0803. The Hall–Kier alpha value is -2.18. The molecule has 0 aliphatic carbocycles. The van der Waals surface area contributed by atoms with E-state index in [1.54, 1.807) is 19.4 Å². The van der Waals surface area contributed by atoms with Crippen LogP contribution < -0.4 is 10.6 Å². The Morgan fingerprint density at radius 1 is 1.33 bits per heavy atom. The molecule has 0 saturated heterocycles. The fourth-order valence-electron chi connectivity index (χ4n) is 2.24. The molecule has 0 spiro atoms. The maximum Gasteiger partial charge on any atom is 0.274 e. The number of aryl methyl sites for hydroxylation is 2. The second kappa shape index (κ2) is 8.61. The molecule has 1 aromatic carbocycles. The molecule has 6 nitrogen and oxygen atoms in total. The minimum Gasteiger partial charge on any atom is -0.385 e. The van der Waals surface area contributed by atoms with Gasteiger partial charge in [-0.15, -0.1) is 0 Å². The first-order chi connectivity index (χ1) is 11.5. The molecule has 0 atom stereocenters. The van der Waals surface area contributed by atoms with Gasteiger partial charge in [-0.3, -0.25) is 4.79 Å². The predicted molar refractivity (Wildman–Crippen MR) is 95.9 cm³/mol. The molecule has 0 bridgehead atoms. The highest BCUT2D eigenvalue weighted by molar-refractivity contribution is 6.34. The number of benzene rings is 1. The van der Waals surface area contributed by atoms with E-state index in [2.05, 4.69) is 20.6 Å². The van der Waals surface area contributed by atoms with Gasteiger partial charge in [0.25, 0.3) is 5.91 Å². The highest BCUT2D eigenvalue weighted by Gasteiger charge is 2.13. The largest absolute Gasteiger partial charge is 0.385 e. The molecule has 1 aromatic heterocycles. The molecule has 7 heteroatoms. The molecule has 0 aliphatic rings. The summed E-state index contributed by atoms with van der Waals surface area (Å²) in [7, 11) is 1.65. The first-order valence-electron chi connectivity index (χ1n) is 7.65. The number of carbonyl (C=O) groups is 1. The van der Waals surface area contributed by atoms with Gasteiger partial charge in [0.1, 0.15) is 5.69 Å². The summed E-state index contributed by atoms with van der Waals surface area (Å²) in [6, 6.07) is 5.34. The van der Waals surface area contributed by atoms with Crippen LogP contribution in [0.1, 0.15) is 28.0 Å². The van der Waals surface area contributed by atoms with Crippen LogP contribution in [0.5, 0.6) is 0 Å². The van der Waals surface area contributed by atoms with E-state index < -0.39 is 0 Å². The number of anilines is 2. The summed E-state index contributed by atoms with van der Waals surface area (Å²) < 4.78 is 4.98. The molecule has 2 aromatic rings. The predicted octanol–water partition coefficient (Wildman–Crippen LogP) is 3.45. The van der Waals surface area contributed by atoms with Crippen molar-refractivity contribution in [3.63, 3.8) is 0 Å². The molecule has 1 heterocycles. The van der Waals surface area contributed by atoms with Crippen LogP contribution in [-0.4, -0.2) is 36.1 Å². The first kappa shape index (κ1) is 18.2. The third-order valence-electron chi connectivity index (χ3n) is 3.37.